The molecular weight excluding hydrogens is 438 g/mol. The number of hydrogen-bond acceptors (Lipinski definition) is 6. The van der Waals surface area contributed by atoms with Crippen molar-refractivity contribution in [3.8, 4) is 22.5 Å². The fourth-order valence-corrected chi connectivity index (χ4v) is 5.41. The molecule has 0 radical (unpaired) electrons. The number of likely N-dealkylation sites (tertiary alicyclic amines) is 1. The Balaban J connectivity index is 1.63. The van der Waals surface area contributed by atoms with Crippen LogP contribution in [0.25, 0.3) is 33.4 Å². The van der Waals surface area contributed by atoms with E-state index in [9.17, 15) is 0 Å². The van der Waals surface area contributed by atoms with Crippen molar-refractivity contribution in [3.63, 3.8) is 0 Å². The van der Waals surface area contributed by atoms with Gasteiger partial charge in [-0.1, -0.05) is 59.8 Å². The second kappa shape index (κ2) is 9.06. The van der Waals surface area contributed by atoms with Crippen molar-refractivity contribution in [2.24, 2.45) is 0 Å². The third kappa shape index (κ3) is 4.31. The van der Waals surface area contributed by atoms with Crippen LogP contribution in [0.1, 0.15) is 12.8 Å². The zero-order valence-electron chi connectivity index (χ0n) is 17.8. The van der Waals surface area contributed by atoms with Crippen LogP contribution in [0.4, 0.5) is 5.82 Å². The van der Waals surface area contributed by atoms with Crippen molar-refractivity contribution in [1.82, 2.24) is 19.9 Å². The summed E-state index contributed by atoms with van der Waals surface area (Å²) in [4.78, 5) is 16.7. The molecule has 1 saturated heterocycles. The van der Waals surface area contributed by atoms with Crippen molar-refractivity contribution in [1.29, 1.82) is 0 Å². The van der Waals surface area contributed by atoms with Gasteiger partial charge in [0.25, 0.3) is 0 Å². The first kappa shape index (κ1) is 21.2. The van der Waals surface area contributed by atoms with E-state index < -0.39 is 0 Å². The summed E-state index contributed by atoms with van der Waals surface area (Å²) >= 11 is 8.35. The van der Waals surface area contributed by atoms with Gasteiger partial charge in [-0.3, -0.25) is 4.98 Å². The Hall–Kier alpha value is -2.67. The molecule has 0 saturated carbocycles. The number of thioether (sulfide) groups is 1. The van der Waals surface area contributed by atoms with Crippen molar-refractivity contribution >= 4 is 40.1 Å². The molecule has 162 valence electrons. The third-order valence-corrected chi connectivity index (χ3v) is 7.43. The number of pyridine rings is 1. The van der Waals surface area contributed by atoms with Crippen LogP contribution in [0, 0.1) is 0 Å². The summed E-state index contributed by atoms with van der Waals surface area (Å²) < 4.78 is 0. The minimum Gasteiger partial charge on any atom is -0.381 e. The van der Waals surface area contributed by atoms with Crippen molar-refractivity contribution in [2.75, 3.05) is 25.9 Å². The molecule has 1 aliphatic heterocycles. The zero-order valence-corrected chi connectivity index (χ0v) is 19.4. The first-order valence-corrected chi connectivity index (χ1v) is 12.0. The minimum atomic E-state index is 0.477. The molecule has 7 heteroatoms. The molecule has 2 aromatic heterocycles. The fourth-order valence-electron chi connectivity index (χ4n) is 4.06. The van der Waals surface area contributed by atoms with E-state index in [-0.39, 0.29) is 0 Å². The van der Waals surface area contributed by atoms with E-state index in [2.05, 4.69) is 23.0 Å². The van der Waals surface area contributed by atoms with Crippen LogP contribution in [0.15, 0.2) is 65.8 Å². The van der Waals surface area contributed by atoms with Crippen LogP contribution < -0.4 is 5.73 Å². The summed E-state index contributed by atoms with van der Waals surface area (Å²) in [5.41, 5.74) is 10.6. The highest BCUT2D eigenvalue weighted by Gasteiger charge is 2.22. The van der Waals surface area contributed by atoms with Gasteiger partial charge in [0.2, 0.25) is 0 Å². The Labute approximate surface area is 197 Å². The monoisotopic (exact) mass is 461 g/mol. The quantitative estimate of drug-likeness (QED) is 0.415. The molecule has 0 unspecified atom stereocenters. The third-order valence-electron chi connectivity index (χ3n) is 5.81. The molecular formula is C25H24ClN5S. The number of hydrogen-bond donors (Lipinski definition) is 1. The molecule has 5 nitrogen and oxygen atoms in total. The van der Waals surface area contributed by atoms with Crippen molar-refractivity contribution in [2.45, 2.75) is 23.1 Å². The van der Waals surface area contributed by atoms with Crippen LogP contribution in [0.3, 0.4) is 0 Å². The van der Waals surface area contributed by atoms with E-state index in [1.807, 2.05) is 48.5 Å². The summed E-state index contributed by atoms with van der Waals surface area (Å²) in [5.74, 6) is 0.477. The topological polar surface area (TPSA) is 67.9 Å². The Bertz CT molecular complexity index is 1260. The van der Waals surface area contributed by atoms with Crippen LogP contribution in [-0.4, -0.2) is 45.2 Å². The Morgan fingerprint density at radius 2 is 1.72 bits per heavy atom. The fraction of sp³-hybridized carbons (Fsp3) is 0.240. The molecule has 5 rings (SSSR count). The molecule has 3 heterocycles. The summed E-state index contributed by atoms with van der Waals surface area (Å²) in [6, 6.07) is 18.0. The largest absolute Gasteiger partial charge is 0.381 e. The highest BCUT2D eigenvalue weighted by Crippen LogP contribution is 2.38. The number of rotatable bonds is 4. The maximum absolute atomic E-state index is 6.61. The van der Waals surface area contributed by atoms with Gasteiger partial charge in [-0.2, -0.15) is 0 Å². The highest BCUT2D eigenvalue weighted by molar-refractivity contribution is 8.00. The lowest BCUT2D eigenvalue weighted by molar-refractivity contribution is 0.282. The lowest BCUT2D eigenvalue weighted by atomic mass is 10.0. The number of anilines is 1. The van der Waals surface area contributed by atoms with E-state index >= 15 is 0 Å². The standard InChI is InChI=1S/C25H24ClN5S/c1-31-12-9-19(10-13-31)32-25-24(27)29-22(16-6-3-2-4-7-16)23(30-25)18-14-17-8-5-11-28-21(17)20(26)15-18/h2-8,11,14-15,19H,9-10,12-13H2,1H3,(H2,27,29). The Kier molecular flexibility index (Phi) is 6.00. The summed E-state index contributed by atoms with van der Waals surface area (Å²) in [6.07, 6.45) is 3.99. The molecule has 0 bridgehead atoms. The number of halogens is 1. The SMILES string of the molecule is CN1CCC(Sc2nc(-c3cc(Cl)c4ncccc4c3)c(-c3ccccc3)nc2N)CC1. The van der Waals surface area contributed by atoms with Gasteiger partial charge in [0.15, 0.2) is 5.82 Å². The van der Waals surface area contributed by atoms with Gasteiger partial charge in [0.1, 0.15) is 5.03 Å². The second-order valence-corrected chi connectivity index (χ2v) is 9.83. The normalized spacial score (nSPS) is 15.3. The lowest BCUT2D eigenvalue weighted by Gasteiger charge is -2.28. The Morgan fingerprint density at radius 3 is 2.50 bits per heavy atom. The summed E-state index contributed by atoms with van der Waals surface area (Å²) in [5, 5.41) is 2.84. The molecule has 0 aliphatic carbocycles. The van der Waals surface area contributed by atoms with E-state index in [1.54, 1.807) is 18.0 Å². The second-order valence-electron chi connectivity index (χ2n) is 8.13. The van der Waals surface area contributed by atoms with Gasteiger partial charge < -0.3 is 10.6 Å². The van der Waals surface area contributed by atoms with E-state index in [0.717, 1.165) is 64.4 Å². The maximum Gasteiger partial charge on any atom is 0.156 e. The molecule has 0 amide bonds. The number of aromatic nitrogens is 3. The number of nitrogens with two attached hydrogens (primary N) is 1. The van der Waals surface area contributed by atoms with Crippen LogP contribution >= 0.6 is 23.4 Å². The highest BCUT2D eigenvalue weighted by atomic mass is 35.5. The molecule has 1 fully saturated rings. The average Bonchev–Trinajstić information content (AvgIpc) is 2.82. The predicted molar refractivity (Wildman–Crippen MR) is 134 cm³/mol. The molecule has 0 atom stereocenters. The molecule has 1 aliphatic rings. The van der Waals surface area contributed by atoms with Crippen LogP contribution in [0.2, 0.25) is 5.02 Å². The zero-order chi connectivity index (χ0) is 22.1. The Morgan fingerprint density at radius 1 is 0.969 bits per heavy atom. The molecule has 2 N–H and O–H groups in total. The number of nitrogens with zero attached hydrogens (tertiary/aromatic N) is 4. The van der Waals surface area contributed by atoms with Gasteiger partial charge in [0.05, 0.1) is 21.9 Å². The van der Waals surface area contributed by atoms with Gasteiger partial charge in [-0.25, -0.2) is 9.97 Å². The van der Waals surface area contributed by atoms with Gasteiger partial charge in [-0.15, -0.1) is 0 Å². The van der Waals surface area contributed by atoms with Crippen LogP contribution in [0.5, 0.6) is 0 Å². The molecule has 2 aromatic carbocycles. The van der Waals surface area contributed by atoms with Crippen LogP contribution in [-0.2, 0) is 0 Å². The molecule has 4 aromatic rings. The first-order chi connectivity index (χ1) is 15.6. The molecule has 32 heavy (non-hydrogen) atoms. The van der Waals surface area contributed by atoms with Gasteiger partial charge in [0, 0.05) is 28.0 Å². The number of fused-ring (bicyclic) bond motifs is 1. The predicted octanol–water partition coefficient (Wildman–Crippen LogP) is 5.78. The van der Waals surface area contributed by atoms with Crippen molar-refractivity contribution in [3.05, 3.63) is 65.8 Å². The lowest BCUT2D eigenvalue weighted by Crippen LogP contribution is -2.31. The van der Waals surface area contributed by atoms with E-state index in [0.29, 0.717) is 16.1 Å². The van der Waals surface area contributed by atoms with Crippen molar-refractivity contribution < 1.29 is 0 Å². The minimum absolute atomic E-state index is 0.477. The summed E-state index contributed by atoms with van der Waals surface area (Å²) in [6.45, 7) is 2.18. The number of benzene rings is 2. The van der Waals surface area contributed by atoms with Gasteiger partial charge >= 0.3 is 0 Å². The van der Waals surface area contributed by atoms with Gasteiger partial charge in [-0.05, 0) is 51.2 Å². The first-order valence-electron chi connectivity index (χ1n) is 10.7. The molecule has 0 spiro atoms. The van der Waals surface area contributed by atoms with E-state index in [4.69, 9.17) is 27.3 Å². The number of nitrogen functional groups attached to an aromatic ring is 1. The smallest absolute Gasteiger partial charge is 0.156 e. The number of piperidine rings is 1. The van der Waals surface area contributed by atoms with E-state index in [1.165, 1.54) is 0 Å². The maximum atomic E-state index is 6.61. The average molecular weight is 462 g/mol. The summed E-state index contributed by atoms with van der Waals surface area (Å²) in [7, 11) is 2.17.